The largest absolute Gasteiger partial charge is 0.313 e. The number of aromatic nitrogens is 2. The number of aryl methyl sites for hydroxylation is 2. The Kier molecular flexibility index (Phi) is 5.02. The maximum atomic E-state index is 4.91. The van der Waals surface area contributed by atoms with E-state index in [-0.39, 0.29) is 0 Å². The minimum atomic E-state index is 0.537. The lowest BCUT2D eigenvalue weighted by Gasteiger charge is -2.25. The summed E-state index contributed by atoms with van der Waals surface area (Å²) in [4.78, 5) is 10.4. The number of nitrogens with zero attached hydrogens (tertiary/aromatic N) is 3. The SMILES string of the molecule is Cc1ccc(-c2csc(=Nc3cc(C)ccn3)n2C2CCCCC2)cc1. The van der Waals surface area contributed by atoms with E-state index in [4.69, 9.17) is 4.99 Å². The highest BCUT2D eigenvalue weighted by Crippen LogP contribution is 2.32. The van der Waals surface area contributed by atoms with E-state index < -0.39 is 0 Å². The Morgan fingerprint density at radius 2 is 1.77 bits per heavy atom. The Morgan fingerprint density at radius 1 is 1.00 bits per heavy atom. The van der Waals surface area contributed by atoms with Crippen LogP contribution in [0.1, 0.15) is 49.3 Å². The summed E-state index contributed by atoms with van der Waals surface area (Å²) in [6.07, 6.45) is 8.29. The van der Waals surface area contributed by atoms with Gasteiger partial charge in [-0.2, -0.15) is 0 Å². The van der Waals surface area contributed by atoms with Gasteiger partial charge in [0.1, 0.15) is 0 Å². The van der Waals surface area contributed by atoms with E-state index in [0.29, 0.717) is 6.04 Å². The van der Waals surface area contributed by atoms with Crippen LogP contribution in [0.3, 0.4) is 0 Å². The van der Waals surface area contributed by atoms with Gasteiger partial charge < -0.3 is 4.57 Å². The predicted molar refractivity (Wildman–Crippen MR) is 109 cm³/mol. The lowest BCUT2D eigenvalue weighted by molar-refractivity contribution is 0.351. The molecule has 134 valence electrons. The number of rotatable bonds is 3. The van der Waals surface area contributed by atoms with Crippen molar-refractivity contribution in [2.24, 2.45) is 4.99 Å². The standard InChI is InChI=1S/C22H25N3S/c1-16-8-10-18(11-9-16)20-15-26-22(24-21-14-17(2)12-13-23-21)25(20)19-6-4-3-5-7-19/h8-15,19H,3-7H2,1-2H3. The first-order valence-electron chi connectivity index (χ1n) is 9.45. The lowest BCUT2D eigenvalue weighted by atomic mass is 9.95. The topological polar surface area (TPSA) is 30.2 Å². The fourth-order valence-corrected chi connectivity index (χ4v) is 4.68. The van der Waals surface area contributed by atoms with Crippen molar-refractivity contribution in [1.29, 1.82) is 0 Å². The van der Waals surface area contributed by atoms with Gasteiger partial charge in [-0.25, -0.2) is 9.98 Å². The van der Waals surface area contributed by atoms with Gasteiger partial charge in [-0.1, -0.05) is 49.1 Å². The van der Waals surface area contributed by atoms with Gasteiger partial charge >= 0.3 is 0 Å². The second-order valence-corrected chi connectivity index (χ2v) is 8.07. The maximum Gasteiger partial charge on any atom is 0.192 e. The van der Waals surface area contributed by atoms with Crippen LogP contribution >= 0.6 is 11.3 Å². The molecule has 1 aromatic carbocycles. The van der Waals surface area contributed by atoms with Gasteiger partial charge in [0, 0.05) is 17.6 Å². The molecule has 4 heteroatoms. The van der Waals surface area contributed by atoms with E-state index in [0.717, 1.165) is 10.6 Å². The summed E-state index contributed by atoms with van der Waals surface area (Å²) in [5, 5.41) is 2.26. The van der Waals surface area contributed by atoms with Gasteiger partial charge in [0.05, 0.1) is 5.69 Å². The summed E-state index contributed by atoms with van der Waals surface area (Å²) in [7, 11) is 0. The smallest absolute Gasteiger partial charge is 0.192 e. The maximum absolute atomic E-state index is 4.91. The third kappa shape index (κ3) is 3.65. The zero-order valence-corrected chi connectivity index (χ0v) is 16.3. The first kappa shape index (κ1) is 17.2. The van der Waals surface area contributed by atoms with Crippen molar-refractivity contribution < 1.29 is 0 Å². The van der Waals surface area contributed by atoms with Gasteiger partial charge in [0.25, 0.3) is 0 Å². The number of hydrogen-bond acceptors (Lipinski definition) is 3. The molecule has 26 heavy (non-hydrogen) atoms. The third-order valence-corrected chi connectivity index (χ3v) is 5.98. The van der Waals surface area contributed by atoms with E-state index in [1.54, 1.807) is 11.3 Å². The van der Waals surface area contributed by atoms with Crippen LogP contribution in [0, 0.1) is 13.8 Å². The van der Waals surface area contributed by atoms with E-state index in [1.807, 2.05) is 12.3 Å². The van der Waals surface area contributed by atoms with E-state index in [2.05, 4.69) is 59.1 Å². The first-order valence-corrected chi connectivity index (χ1v) is 10.3. The molecule has 2 aromatic heterocycles. The van der Waals surface area contributed by atoms with Gasteiger partial charge in [0.2, 0.25) is 0 Å². The summed E-state index contributed by atoms with van der Waals surface area (Å²) in [5.41, 5.74) is 5.05. The molecule has 0 N–H and O–H groups in total. The molecule has 0 amide bonds. The highest BCUT2D eigenvalue weighted by atomic mass is 32.1. The Balaban J connectivity index is 1.85. The lowest BCUT2D eigenvalue weighted by Crippen LogP contribution is -2.23. The quantitative estimate of drug-likeness (QED) is 0.564. The molecule has 0 radical (unpaired) electrons. The number of pyridine rings is 1. The molecule has 1 saturated carbocycles. The van der Waals surface area contributed by atoms with Crippen molar-refractivity contribution in [2.75, 3.05) is 0 Å². The molecule has 1 fully saturated rings. The van der Waals surface area contributed by atoms with Crippen LogP contribution in [-0.4, -0.2) is 9.55 Å². The first-order chi connectivity index (χ1) is 12.7. The van der Waals surface area contributed by atoms with Crippen molar-refractivity contribution in [2.45, 2.75) is 52.0 Å². The molecule has 0 unspecified atom stereocenters. The fraction of sp³-hybridized carbons (Fsp3) is 0.364. The van der Waals surface area contributed by atoms with Crippen LogP contribution in [0.2, 0.25) is 0 Å². The molecule has 3 nitrogen and oxygen atoms in total. The average Bonchev–Trinajstić information content (AvgIpc) is 3.06. The summed E-state index contributed by atoms with van der Waals surface area (Å²) in [5.74, 6) is 0.798. The molecule has 0 atom stereocenters. The second kappa shape index (κ2) is 7.58. The van der Waals surface area contributed by atoms with Crippen molar-refractivity contribution in [1.82, 2.24) is 9.55 Å². The number of benzene rings is 1. The molecule has 0 spiro atoms. The molecule has 1 aliphatic carbocycles. The Hall–Kier alpha value is -2.20. The zero-order valence-electron chi connectivity index (χ0n) is 15.5. The molecule has 2 heterocycles. The van der Waals surface area contributed by atoms with Crippen LogP contribution in [0.4, 0.5) is 5.82 Å². The summed E-state index contributed by atoms with van der Waals surface area (Å²) >= 11 is 1.73. The Labute approximate surface area is 159 Å². The van der Waals surface area contributed by atoms with Crippen LogP contribution in [0.5, 0.6) is 0 Å². The highest BCUT2D eigenvalue weighted by molar-refractivity contribution is 7.07. The molecule has 1 aliphatic rings. The van der Waals surface area contributed by atoms with Crippen molar-refractivity contribution in [3.63, 3.8) is 0 Å². The van der Waals surface area contributed by atoms with Crippen molar-refractivity contribution >= 4 is 17.2 Å². The summed E-state index contributed by atoms with van der Waals surface area (Å²) in [6.45, 7) is 4.22. The van der Waals surface area contributed by atoms with Crippen molar-refractivity contribution in [3.8, 4) is 11.3 Å². The second-order valence-electron chi connectivity index (χ2n) is 7.23. The number of thiazole rings is 1. The normalized spacial score (nSPS) is 16.2. The van der Waals surface area contributed by atoms with Gasteiger partial charge in [0.15, 0.2) is 10.6 Å². The van der Waals surface area contributed by atoms with Crippen molar-refractivity contribution in [3.05, 3.63) is 63.9 Å². The fourth-order valence-electron chi connectivity index (χ4n) is 3.71. The van der Waals surface area contributed by atoms with Gasteiger partial charge in [-0.05, 0) is 49.9 Å². The van der Waals surface area contributed by atoms with Crippen LogP contribution in [0.15, 0.2) is 53.0 Å². The molecule has 3 aromatic rings. The van der Waals surface area contributed by atoms with E-state index >= 15 is 0 Å². The third-order valence-electron chi connectivity index (χ3n) is 5.14. The monoisotopic (exact) mass is 363 g/mol. The molecule has 0 saturated heterocycles. The Morgan fingerprint density at radius 3 is 2.50 bits per heavy atom. The Bertz CT molecular complexity index is 944. The predicted octanol–water partition coefficient (Wildman–Crippen LogP) is 5.97. The number of hydrogen-bond donors (Lipinski definition) is 0. The minimum Gasteiger partial charge on any atom is -0.313 e. The van der Waals surface area contributed by atoms with Gasteiger partial charge in [-0.3, -0.25) is 0 Å². The van der Waals surface area contributed by atoms with E-state index in [9.17, 15) is 0 Å². The molecule has 0 bridgehead atoms. The zero-order chi connectivity index (χ0) is 17.9. The van der Waals surface area contributed by atoms with E-state index in [1.165, 1.54) is 54.5 Å². The summed E-state index contributed by atoms with van der Waals surface area (Å²) in [6, 6.07) is 13.4. The summed E-state index contributed by atoms with van der Waals surface area (Å²) < 4.78 is 2.47. The minimum absolute atomic E-state index is 0.537. The molecule has 4 rings (SSSR count). The average molecular weight is 364 g/mol. The van der Waals surface area contributed by atoms with Crippen LogP contribution in [-0.2, 0) is 0 Å². The van der Waals surface area contributed by atoms with Crippen LogP contribution in [0.25, 0.3) is 11.3 Å². The highest BCUT2D eigenvalue weighted by Gasteiger charge is 2.20. The molecule has 0 aliphatic heterocycles. The van der Waals surface area contributed by atoms with Gasteiger partial charge in [-0.15, -0.1) is 11.3 Å². The van der Waals surface area contributed by atoms with Crippen LogP contribution < -0.4 is 4.80 Å². The molecular weight excluding hydrogens is 338 g/mol. The molecular formula is C22H25N3S.